The van der Waals surface area contributed by atoms with Gasteiger partial charge in [-0.2, -0.15) is 0 Å². The van der Waals surface area contributed by atoms with Crippen LogP contribution in [0.1, 0.15) is 65.2 Å². The molecule has 0 heterocycles. The van der Waals surface area contributed by atoms with Crippen LogP contribution in [0.3, 0.4) is 0 Å². The Bertz CT molecular complexity index is 197. The Morgan fingerprint density at radius 3 is 1.44 bits per heavy atom. The topological polar surface area (TPSA) is 40.5 Å². The maximum Gasteiger partial charge on any atom is 0.0723 e. The van der Waals surface area contributed by atoms with Gasteiger partial charge in [-0.25, -0.2) is 0 Å². The molecular formula is C16H30O2. The van der Waals surface area contributed by atoms with Crippen LogP contribution in [0.2, 0.25) is 0 Å². The molecule has 2 N–H and O–H groups in total. The molecule has 2 nitrogen and oxygen atoms in total. The van der Waals surface area contributed by atoms with Crippen molar-refractivity contribution in [2.45, 2.75) is 77.4 Å². The zero-order valence-electron chi connectivity index (χ0n) is 12.0. The highest BCUT2D eigenvalue weighted by atomic mass is 16.3. The molecule has 0 bridgehead atoms. The van der Waals surface area contributed by atoms with Crippen LogP contribution in [0.4, 0.5) is 0 Å². The van der Waals surface area contributed by atoms with E-state index in [0.29, 0.717) is 0 Å². The van der Waals surface area contributed by atoms with E-state index in [0.717, 1.165) is 25.7 Å². The number of aliphatic hydroxyl groups excluding tert-OH is 2. The van der Waals surface area contributed by atoms with E-state index < -0.39 is 0 Å². The van der Waals surface area contributed by atoms with Gasteiger partial charge in [0.25, 0.3) is 0 Å². The van der Waals surface area contributed by atoms with Crippen molar-refractivity contribution in [2.75, 3.05) is 0 Å². The van der Waals surface area contributed by atoms with Gasteiger partial charge in [0.1, 0.15) is 0 Å². The summed E-state index contributed by atoms with van der Waals surface area (Å²) in [6, 6.07) is 0. The normalized spacial score (nSPS) is 15.6. The van der Waals surface area contributed by atoms with E-state index in [9.17, 15) is 10.2 Å². The second kappa shape index (κ2) is 12.8. The molecule has 106 valence electrons. The van der Waals surface area contributed by atoms with Gasteiger partial charge in [0.2, 0.25) is 0 Å². The van der Waals surface area contributed by atoms with Crippen LogP contribution in [0, 0.1) is 0 Å². The first-order valence-electron chi connectivity index (χ1n) is 7.41. The number of rotatable bonds is 11. The number of allylic oxidation sites excluding steroid dienone is 2. The molecule has 0 aliphatic carbocycles. The van der Waals surface area contributed by atoms with Crippen LogP contribution in [-0.2, 0) is 0 Å². The van der Waals surface area contributed by atoms with Crippen molar-refractivity contribution in [1.29, 1.82) is 0 Å². The highest BCUT2D eigenvalue weighted by molar-refractivity contribution is 5.06. The molecule has 0 amide bonds. The Morgan fingerprint density at radius 1 is 0.722 bits per heavy atom. The van der Waals surface area contributed by atoms with Gasteiger partial charge in [-0.15, -0.1) is 0 Å². The number of unbranched alkanes of at least 4 members (excludes halogenated alkanes) is 4. The largest absolute Gasteiger partial charge is 0.389 e. The van der Waals surface area contributed by atoms with E-state index in [1.54, 1.807) is 12.2 Å². The van der Waals surface area contributed by atoms with Crippen molar-refractivity contribution in [2.24, 2.45) is 0 Å². The lowest BCUT2D eigenvalue weighted by atomic mass is 10.1. The van der Waals surface area contributed by atoms with Gasteiger partial charge >= 0.3 is 0 Å². The molecule has 0 aliphatic rings. The molecule has 0 saturated carbocycles. The molecular weight excluding hydrogens is 224 g/mol. The van der Waals surface area contributed by atoms with Crippen LogP contribution in [0.25, 0.3) is 0 Å². The summed E-state index contributed by atoms with van der Waals surface area (Å²) in [5.41, 5.74) is 0. The summed E-state index contributed by atoms with van der Waals surface area (Å²) in [4.78, 5) is 0. The number of hydrogen-bond donors (Lipinski definition) is 2. The van der Waals surface area contributed by atoms with E-state index in [1.807, 2.05) is 12.2 Å². The smallest absolute Gasteiger partial charge is 0.0723 e. The zero-order chi connectivity index (χ0) is 13.6. The Balaban J connectivity index is 3.64. The third-order valence-electron chi connectivity index (χ3n) is 2.98. The van der Waals surface area contributed by atoms with Gasteiger partial charge in [0, 0.05) is 0 Å². The highest BCUT2D eigenvalue weighted by Gasteiger charge is 1.98. The maximum atomic E-state index is 9.63. The average molecular weight is 254 g/mol. The van der Waals surface area contributed by atoms with E-state index >= 15 is 0 Å². The fourth-order valence-corrected chi connectivity index (χ4v) is 1.78. The predicted octanol–water partition coefficient (Wildman–Crippen LogP) is 3.98. The standard InChI is InChI=1S/C16H30O2/c1-3-5-7-11-15(17)13-9-10-14-16(18)12-8-6-4-2/h9-10,13-18H,3-8,11-12H2,1-2H3. The Morgan fingerprint density at radius 2 is 1.11 bits per heavy atom. The van der Waals surface area contributed by atoms with Crippen molar-refractivity contribution in [3.05, 3.63) is 24.3 Å². The lowest BCUT2D eigenvalue weighted by Gasteiger charge is -2.04. The van der Waals surface area contributed by atoms with Gasteiger partial charge < -0.3 is 10.2 Å². The minimum Gasteiger partial charge on any atom is -0.389 e. The molecule has 18 heavy (non-hydrogen) atoms. The minimum atomic E-state index is -0.349. The third-order valence-corrected chi connectivity index (χ3v) is 2.98. The minimum absolute atomic E-state index is 0.349. The summed E-state index contributed by atoms with van der Waals surface area (Å²) in [5.74, 6) is 0. The van der Waals surface area contributed by atoms with Crippen LogP contribution in [0.15, 0.2) is 24.3 Å². The molecule has 0 radical (unpaired) electrons. The first-order chi connectivity index (χ1) is 8.70. The second-order valence-electron chi connectivity index (χ2n) is 4.90. The molecule has 2 atom stereocenters. The molecule has 2 unspecified atom stereocenters. The van der Waals surface area contributed by atoms with E-state index in [1.165, 1.54) is 25.7 Å². The second-order valence-corrected chi connectivity index (χ2v) is 4.90. The van der Waals surface area contributed by atoms with E-state index in [2.05, 4.69) is 13.8 Å². The van der Waals surface area contributed by atoms with Gasteiger partial charge in [-0.1, -0.05) is 76.7 Å². The zero-order valence-corrected chi connectivity index (χ0v) is 12.0. The van der Waals surface area contributed by atoms with Crippen molar-refractivity contribution in [1.82, 2.24) is 0 Å². The lowest BCUT2D eigenvalue weighted by molar-refractivity contribution is 0.207. The first-order valence-corrected chi connectivity index (χ1v) is 7.41. The summed E-state index contributed by atoms with van der Waals surface area (Å²) in [6.45, 7) is 4.32. The molecule has 0 aromatic carbocycles. The highest BCUT2D eigenvalue weighted by Crippen LogP contribution is 2.06. The van der Waals surface area contributed by atoms with Crippen LogP contribution < -0.4 is 0 Å². The van der Waals surface area contributed by atoms with Gasteiger partial charge in [-0.3, -0.25) is 0 Å². The first kappa shape index (κ1) is 17.4. The fraction of sp³-hybridized carbons (Fsp3) is 0.750. The molecule has 0 fully saturated rings. The fourth-order valence-electron chi connectivity index (χ4n) is 1.78. The molecule has 0 spiro atoms. The van der Waals surface area contributed by atoms with Gasteiger partial charge in [0.05, 0.1) is 12.2 Å². The van der Waals surface area contributed by atoms with Crippen LogP contribution in [0.5, 0.6) is 0 Å². The molecule has 0 aliphatic heterocycles. The quantitative estimate of drug-likeness (QED) is 0.432. The van der Waals surface area contributed by atoms with Crippen LogP contribution >= 0.6 is 0 Å². The van der Waals surface area contributed by atoms with Crippen molar-refractivity contribution in [3.8, 4) is 0 Å². The Kier molecular flexibility index (Phi) is 12.4. The molecule has 2 heteroatoms. The summed E-state index contributed by atoms with van der Waals surface area (Å²) < 4.78 is 0. The van der Waals surface area contributed by atoms with Gasteiger partial charge in [0.15, 0.2) is 0 Å². The molecule has 0 aromatic rings. The van der Waals surface area contributed by atoms with Crippen LogP contribution in [-0.4, -0.2) is 22.4 Å². The summed E-state index contributed by atoms with van der Waals surface area (Å²) in [7, 11) is 0. The van der Waals surface area contributed by atoms with Crippen molar-refractivity contribution in [3.63, 3.8) is 0 Å². The average Bonchev–Trinajstić information content (AvgIpc) is 2.35. The molecule has 0 rings (SSSR count). The third kappa shape index (κ3) is 11.9. The summed E-state index contributed by atoms with van der Waals surface area (Å²) >= 11 is 0. The maximum absolute atomic E-state index is 9.63. The SMILES string of the molecule is CCCCCC(O)C=CC=CC(O)CCCCC. The monoisotopic (exact) mass is 254 g/mol. The number of hydrogen-bond acceptors (Lipinski definition) is 2. The summed E-state index contributed by atoms with van der Waals surface area (Å²) in [6.07, 6.45) is 15.1. The van der Waals surface area contributed by atoms with Gasteiger partial charge in [-0.05, 0) is 12.8 Å². The van der Waals surface area contributed by atoms with Crippen molar-refractivity contribution >= 4 is 0 Å². The Labute approximate surface area is 112 Å². The summed E-state index contributed by atoms with van der Waals surface area (Å²) in [5, 5.41) is 19.3. The van der Waals surface area contributed by atoms with E-state index in [4.69, 9.17) is 0 Å². The molecule has 0 saturated heterocycles. The van der Waals surface area contributed by atoms with E-state index in [-0.39, 0.29) is 12.2 Å². The number of aliphatic hydroxyl groups is 2. The molecule has 0 aromatic heterocycles. The lowest BCUT2D eigenvalue weighted by Crippen LogP contribution is -2.02. The Hall–Kier alpha value is -0.600. The predicted molar refractivity (Wildman–Crippen MR) is 78.6 cm³/mol. The van der Waals surface area contributed by atoms with Crippen molar-refractivity contribution < 1.29 is 10.2 Å².